The van der Waals surface area contributed by atoms with Gasteiger partial charge in [0.15, 0.2) is 0 Å². The van der Waals surface area contributed by atoms with Gasteiger partial charge in [0.2, 0.25) is 0 Å². The van der Waals surface area contributed by atoms with Crippen LogP contribution in [-0.4, -0.2) is 9.38 Å². The van der Waals surface area contributed by atoms with Crippen molar-refractivity contribution in [3.63, 3.8) is 0 Å². The standard InChI is InChI=1S/C29H18N2/c1-4-8-21-17(5-1)13-19-15-25-23-10-9-22-20-7-3-2-6-18(20)14-26(22)28(23)29-30-11-12-31(29)27(25)16-24(19)21/h1-12,15-16H,13-14H2. The third-order valence-corrected chi connectivity index (χ3v) is 7.31. The van der Waals surface area contributed by atoms with Crippen molar-refractivity contribution in [1.29, 1.82) is 0 Å². The monoisotopic (exact) mass is 394 g/mol. The Hall–Kier alpha value is -3.91. The number of fused-ring (bicyclic) bond motifs is 13. The highest BCUT2D eigenvalue weighted by Crippen LogP contribution is 2.45. The van der Waals surface area contributed by atoms with E-state index in [4.69, 9.17) is 4.98 Å². The van der Waals surface area contributed by atoms with Crippen molar-refractivity contribution in [2.45, 2.75) is 12.8 Å². The van der Waals surface area contributed by atoms with E-state index in [-0.39, 0.29) is 0 Å². The number of aromatic nitrogens is 2. The predicted molar refractivity (Wildman–Crippen MR) is 127 cm³/mol. The second-order valence-corrected chi connectivity index (χ2v) is 8.83. The summed E-state index contributed by atoms with van der Waals surface area (Å²) in [7, 11) is 0. The zero-order chi connectivity index (χ0) is 20.1. The largest absolute Gasteiger partial charge is 0.299 e. The number of nitrogens with zero attached hydrogens (tertiary/aromatic N) is 2. The average Bonchev–Trinajstić information content (AvgIpc) is 3.52. The molecule has 0 bridgehead atoms. The topological polar surface area (TPSA) is 17.3 Å². The Kier molecular flexibility index (Phi) is 2.77. The lowest BCUT2D eigenvalue weighted by Gasteiger charge is -2.14. The highest BCUT2D eigenvalue weighted by Gasteiger charge is 2.25. The van der Waals surface area contributed by atoms with Crippen molar-refractivity contribution in [3.8, 4) is 22.3 Å². The van der Waals surface area contributed by atoms with E-state index < -0.39 is 0 Å². The van der Waals surface area contributed by atoms with E-state index in [1.807, 2.05) is 6.20 Å². The third kappa shape index (κ3) is 1.91. The molecular weight excluding hydrogens is 376 g/mol. The molecule has 0 saturated heterocycles. The van der Waals surface area contributed by atoms with Crippen LogP contribution in [0.15, 0.2) is 85.2 Å². The fourth-order valence-electron chi connectivity index (χ4n) is 5.96. The first kappa shape index (κ1) is 15.9. The van der Waals surface area contributed by atoms with Crippen LogP contribution < -0.4 is 0 Å². The van der Waals surface area contributed by atoms with Crippen LogP contribution >= 0.6 is 0 Å². The van der Waals surface area contributed by atoms with Gasteiger partial charge in [-0.3, -0.25) is 4.40 Å². The van der Waals surface area contributed by atoms with Gasteiger partial charge in [0.05, 0.1) is 5.52 Å². The van der Waals surface area contributed by atoms with E-state index in [1.165, 1.54) is 66.2 Å². The number of pyridine rings is 1. The molecule has 144 valence electrons. The van der Waals surface area contributed by atoms with Crippen molar-refractivity contribution >= 4 is 27.3 Å². The Balaban J connectivity index is 1.53. The number of benzene rings is 4. The van der Waals surface area contributed by atoms with Crippen LogP contribution in [0.3, 0.4) is 0 Å². The van der Waals surface area contributed by atoms with Crippen LogP contribution in [0.2, 0.25) is 0 Å². The van der Waals surface area contributed by atoms with Gasteiger partial charge in [-0.15, -0.1) is 0 Å². The second-order valence-electron chi connectivity index (χ2n) is 8.83. The molecule has 2 heteroatoms. The van der Waals surface area contributed by atoms with Gasteiger partial charge in [-0.05, 0) is 74.9 Å². The summed E-state index contributed by atoms with van der Waals surface area (Å²) in [4.78, 5) is 4.84. The minimum absolute atomic E-state index is 0.979. The Morgan fingerprint density at radius 3 is 2.29 bits per heavy atom. The molecule has 0 atom stereocenters. The van der Waals surface area contributed by atoms with Crippen molar-refractivity contribution in [2.24, 2.45) is 0 Å². The molecule has 31 heavy (non-hydrogen) atoms. The maximum Gasteiger partial charge on any atom is 0.145 e. The summed E-state index contributed by atoms with van der Waals surface area (Å²) in [6.45, 7) is 0. The van der Waals surface area contributed by atoms with Crippen LogP contribution in [-0.2, 0) is 12.8 Å². The lowest BCUT2D eigenvalue weighted by Crippen LogP contribution is -1.95. The first-order valence-corrected chi connectivity index (χ1v) is 10.9. The number of rotatable bonds is 0. The zero-order valence-corrected chi connectivity index (χ0v) is 16.9. The summed E-state index contributed by atoms with van der Waals surface area (Å²) in [5, 5.41) is 3.95. The lowest BCUT2D eigenvalue weighted by atomic mass is 9.95. The van der Waals surface area contributed by atoms with Crippen molar-refractivity contribution in [1.82, 2.24) is 9.38 Å². The third-order valence-electron chi connectivity index (χ3n) is 7.31. The minimum Gasteiger partial charge on any atom is -0.299 e. The Morgan fingerprint density at radius 1 is 0.645 bits per heavy atom. The average molecular weight is 394 g/mol. The molecule has 2 nitrogen and oxygen atoms in total. The lowest BCUT2D eigenvalue weighted by molar-refractivity contribution is 1.24. The van der Waals surface area contributed by atoms with Gasteiger partial charge in [0.1, 0.15) is 5.65 Å². The smallest absolute Gasteiger partial charge is 0.145 e. The normalized spacial score (nSPS) is 13.5. The summed E-state index contributed by atoms with van der Waals surface area (Å²) in [6.07, 6.45) is 6.05. The van der Waals surface area contributed by atoms with Gasteiger partial charge in [0.25, 0.3) is 0 Å². The molecule has 0 spiro atoms. The second kappa shape index (κ2) is 5.41. The van der Waals surface area contributed by atoms with Gasteiger partial charge < -0.3 is 0 Å². The van der Waals surface area contributed by atoms with E-state index in [2.05, 4.69) is 83.4 Å². The zero-order valence-electron chi connectivity index (χ0n) is 16.9. The van der Waals surface area contributed by atoms with E-state index in [0.717, 1.165) is 18.5 Å². The quantitative estimate of drug-likeness (QED) is 0.259. The van der Waals surface area contributed by atoms with E-state index in [1.54, 1.807) is 0 Å². The molecule has 0 unspecified atom stereocenters. The molecular formula is C29H18N2. The molecule has 8 rings (SSSR count). The van der Waals surface area contributed by atoms with Gasteiger partial charge in [-0.1, -0.05) is 60.7 Å². The molecule has 0 fully saturated rings. The maximum absolute atomic E-state index is 4.84. The summed E-state index contributed by atoms with van der Waals surface area (Å²) in [5.74, 6) is 0. The van der Waals surface area contributed by atoms with Crippen LogP contribution in [0.1, 0.15) is 22.3 Å². The molecule has 0 radical (unpaired) electrons. The number of hydrogen-bond acceptors (Lipinski definition) is 1. The Labute approximate surface area is 179 Å². The van der Waals surface area contributed by atoms with Gasteiger partial charge in [-0.25, -0.2) is 4.98 Å². The molecule has 6 aromatic rings. The van der Waals surface area contributed by atoms with Crippen LogP contribution in [0, 0.1) is 0 Å². The number of imidazole rings is 1. The molecule has 0 aliphatic heterocycles. The number of hydrogen-bond donors (Lipinski definition) is 0. The first-order valence-electron chi connectivity index (χ1n) is 10.9. The fraction of sp³-hybridized carbons (Fsp3) is 0.0690. The Bertz CT molecular complexity index is 1730. The molecule has 2 aliphatic carbocycles. The Morgan fingerprint density at radius 2 is 1.42 bits per heavy atom. The highest BCUT2D eigenvalue weighted by molar-refractivity contribution is 6.16. The van der Waals surface area contributed by atoms with Crippen LogP contribution in [0.5, 0.6) is 0 Å². The maximum atomic E-state index is 4.84. The summed E-state index contributed by atoms with van der Waals surface area (Å²) < 4.78 is 2.29. The SMILES string of the molecule is c1ccc2c(c1)Cc1cc3c4ccc5c(c4c4nccn4c3cc1-2)Cc1ccccc1-5. The van der Waals surface area contributed by atoms with Gasteiger partial charge in [0, 0.05) is 23.2 Å². The van der Waals surface area contributed by atoms with Crippen LogP contribution in [0.4, 0.5) is 0 Å². The molecule has 4 aromatic carbocycles. The molecule has 2 aliphatic rings. The van der Waals surface area contributed by atoms with Gasteiger partial charge >= 0.3 is 0 Å². The van der Waals surface area contributed by atoms with Crippen molar-refractivity contribution in [3.05, 3.63) is 107 Å². The molecule has 0 N–H and O–H groups in total. The molecule has 0 saturated carbocycles. The molecule has 2 aromatic heterocycles. The van der Waals surface area contributed by atoms with Crippen LogP contribution in [0.25, 0.3) is 49.6 Å². The highest BCUT2D eigenvalue weighted by atomic mass is 15.0. The summed E-state index contributed by atoms with van der Waals surface area (Å²) in [5.41, 5.74) is 13.5. The summed E-state index contributed by atoms with van der Waals surface area (Å²) in [6, 6.07) is 27.1. The molecule has 0 amide bonds. The first-order chi connectivity index (χ1) is 15.4. The van der Waals surface area contributed by atoms with E-state index in [9.17, 15) is 0 Å². The van der Waals surface area contributed by atoms with E-state index >= 15 is 0 Å². The predicted octanol–water partition coefficient (Wildman–Crippen LogP) is 6.78. The fourth-order valence-corrected chi connectivity index (χ4v) is 5.96. The van der Waals surface area contributed by atoms with Gasteiger partial charge in [-0.2, -0.15) is 0 Å². The molecule has 2 heterocycles. The van der Waals surface area contributed by atoms with Crippen molar-refractivity contribution in [2.75, 3.05) is 0 Å². The van der Waals surface area contributed by atoms with E-state index in [0.29, 0.717) is 0 Å². The summed E-state index contributed by atoms with van der Waals surface area (Å²) >= 11 is 0. The van der Waals surface area contributed by atoms with Crippen molar-refractivity contribution < 1.29 is 0 Å². The minimum atomic E-state index is 0.979.